The average Bonchev–Trinajstić information content (AvgIpc) is 3.62. The summed E-state index contributed by atoms with van der Waals surface area (Å²) in [5.41, 5.74) is 5.89. The van der Waals surface area contributed by atoms with Gasteiger partial charge < -0.3 is 29.0 Å². The van der Waals surface area contributed by atoms with Crippen LogP contribution in [0.5, 0.6) is 17.2 Å². The number of aryl methyl sites for hydroxylation is 1. The normalized spacial score (nSPS) is 18.0. The van der Waals surface area contributed by atoms with Gasteiger partial charge in [-0.1, -0.05) is 6.07 Å². The molecule has 0 spiro atoms. The number of anilines is 2. The Kier molecular flexibility index (Phi) is 6.74. The van der Waals surface area contributed by atoms with Crippen molar-refractivity contribution in [3.8, 4) is 22.9 Å². The van der Waals surface area contributed by atoms with Crippen LogP contribution in [-0.2, 0) is 10.0 Å². The number of benzene rings is 2. The maximum Gasteiger partial charge on any atom is 0.231 e. The zero-order chi connectivity index (χ0) is 28.9. The van der Waals surface area contributed by atoms with E-state index in [0.717, 1.165) is 40.3 Å². The Morgan fingerprint density at radius 1 is 1.05 bits per heavy atom. The van der Waals surface area contributed by atoms with Gasteiger partial charge >= 0.3 is 0 Å². The van der Waals surface area contributed by atoms with Gasteiger partial charge in [-0.25, -0.2) is 8.42 Å². The second-order valence-electron chi connectivity index (χ2n) is 9.95. The summed E-state index contributed by atoms with van der Waals surface area (Å²) in [7, 11) is -2.06. The zero-order valence-electron chi connectivity index (χ0n) is 22.9. The molecule has 2 atom stereocenters. The number of thiocarbonyl (C=S) groups is 1. The molecule has 2 aliphatic heterocycles. The molecule has 6 rings (SSSR count). The van der Waals surface area contributed by atoms with Crippen molar-refractivity contribution >= 4 is 38.7 Å². The number of fused-ring (bicyclic) bond motifs is 1. The summed E-state index contributed by atoms with van der Waals surface area (Å²) in [5.74, 6) is 1.83. The van der Waals surface area contributed by atoms with Crippen LogP contribution >= 0.6 is 12.2 Å². The molecule has 0 saturated carbocycles. The van der Waals surface area contributed by atoms with E-state index in [-0.39, 0.29) is 18.9 Å². The first-order chi connectivity index (χ1) is 19.6. The van der Waals surface area contributed by atoms with Crippen molar-refractivity contribution in [3.05, 3.63) is 89.5 Å². The Balaban J connectivity index is 1.50. The average molecular weight is 592 g/mol. The third-order valence-electron chi connectivity index (χ3n) is 7.26. The van der Waals surface area contributed by atoms with E-state index in [1.165, 1.54) is 7.11 Å². The molecule has 10 nitrogen and oxygen atoms in total. The van der Waals surface area contributed by atoms with E-state index in [9.17, 15) is 8.42 Å². The summed E-state index contributed by atoms with van der Waals surface area (Å²) in [5, 5.41) is 3.97. The lowest BCUT2D eigenvalue weighted by Crippen LogP contribution is -2.29. The van der Waals surface area contributed by atoms with Crippen LogP contribution in [0.25, 0.3) is 5.69 Å². The van der Waals surface area contributed by atoms with Gasteiger partial charge in [0.2, 0.25) is 16.8 Å². The van der Waals surface area contributed by atoms with Crippen LogP contribution in [0.1, 0.15) is 34.7 Å². The Labute approximate surface area is 243 Å². The molecule has 1 saturated heterocycles. The van der Waals surface area contributed by atoms with Gasteiger partial charge in [0.1, 0.15) is 5.75 Å². The first kappa shape index (κ1) is 26.9. The molecule has 0 amide bonds. The van der Waals surface area contributed by atoms with Crippen molar-refractivity contribution in [3.63, 3.8) is 0 Å². The molecule has 0 radical (unpaired) electrons. The predicted molar refractivity (Wildman–Crippen MR) is 161 cm³/mol. The van der Waals surface area contributed by atoms with Crippen molar-refractivity contribution in [1.82, 2.24) is 14.9 Å². The second-order valence-corrected chi connectivity index (χ2v) is 12.1. The Morgan fingerprint density at radius 2 is 1.83 bits per heavy atom. The summed E-state index contributed by atoms with van der Waals surface area (Å²) in [6, 6.07) is 18.6. The molecule has 0 bridgehead atoms. The third-order valence-corrected chi connectivity index (χ3v) is 8.16. The number of pyridine rings is 1. The van der Waals surface area contributed by atoms with E-state index in [1.54, 1.807) is 18.3 Å². The monoisotopic (exact) mass is 591 g/mol. The third kappa shape index (κ3) is 4.93. The van der Waals surface area contributed by atoms with Gasteiger partial charge in [-0.2, -0.15) is 0 Å². The molecule has 0 aliphatic carbocycles. The number of sulfonamides is 1. The fourth-order valence-corrected chi connectivity index (χ4v) is 6.49. The molecule has 12 heteroatoms. The minimum absolute atomic E-state index is 0.206. The number of rotatable bonds is 7. The summed E-state index contributed by atoms with van der Waals surface area (Å²) in [4.78, 5) is 6.66. The van der Waals surface area contributed by atoms with Crippen LogP contribution in [0.4, 0.5) is 11.4 Å². The fraction of sp³-hybridized carbons (Fsp3) is 0.241. The molecular weight excluding hydrogens is 562 g/mol. The Bertz CT molecular complexity index is 1760. The molecule has 2 aliphatic rings. The number of ether oxygens (including phenoxy) is 3. The van der Waals surface area contributed by atoms with E-state index in [2.05, 4.69) is 39.5 Å². The van der Waals surface area contributed by atoms with Gasteiger partial charge in [0, 0.05) is 35.0 Å². The van der Waals surface area contributed by atoms with Crippen LogP contribution < -0.4 is 29.1 Å². The molecule has 4 aromatic rings. The quantitative estimate of drug-likeness (QED) is 0.294. The maximum atomic E-state index is 12.1. The maximum absolute atomic E-state index is 12.1. The predicted octanol–water partition coefficient (Wildman–Crippen LogP) is 4.78. The highest BCUT2D eigenvalue weighted by Crippen LogP contribution is 2.45. The first-order valence-electron chi connectivity index (χ1n) is 12.9. The highest BCUT2D eigenvalue weighted by atomic mass is 32.2. The van der Waals surface area contributed by atoms with Gasteiger partial charge in [0.25, 0.3) is 0 Å². The molecule has 4 heterocycles. The van der Waals surface area contributed by atoms with E-state index in [1.807, 2.05) is 47.4 Å². The number of hydrogen-bond donors (Lipinski definition) is 2. The molecule has 2 aromatic heterocycles. The lowest BCUT2D eigenvalue weighted by atomic mass is 9.96. The number of nitrogens with zero attached hydrogens (tertiary/aromatic N) is 3. The van der Waals surface area contributed by atoms with Crippen LogP contribution in [0, 0.1) is 13.8 Å². The Hall–Kier alpha value is -4.29. The SMILES string of the molecule is COc1ccc(N2C(=S)N[C@@H](c3ccccn3)[C@H]2c2cc(C)n(-c3ccc4c(c3)OCO4)c2C)cc1NS(C)(=O)=O. The Morgan fingerprint density at radius 3 is 2.56 bits per heavy atom. The minimum atomic E-state index is -3.56. The van der Waals surface area contributed by atoms with Crippen LogP contribution in [0.3, 0.4) is 0 Å². The second kappa shape index (κ2) is 10.3. The van der Waals surface area contributed by atoms with Crippen molar-refractivity contribution in [2.75, 3.05) is 29.8 Å². The van der Waals surface area contributed by atoms with Gasteiger partial charge in [-0.15, -0.1) is 0 Å². The molecule has 0 unspecified atom stereocenters. The van der Waals surface area contributed by atoms with E-state index in [0.29, 0.717) is 28.0 Å². The molecule has 2 aromatic carbocycles. The van der Waals surface area contributed by atoms with Gasteiger partial charge in [0.15, 0.2) is 16.6 Å². The van der Waals surface area contributed by atoms with Crippen LogP contribution in [0.2, 0.25) is 0 Å². The van der Waals surface area contributed by atoms with Crippen molar-refractivity contribution in [1.29, 1.82) is 0 Å². The smallest absolute Gasteiger partial charge is 0.231 e. The highest BCUT2D eigenvalue weighted by molar-refractivity contribution is 7.92. The van der Waals surface area contributed by atoms with E-state index in [4.69, 9.17) is 26.4 Å². The summed E-state index contributed by atoms with van der Waals surface area (Å²) >= 11 is 5.90. The number of methoxy groups -OCH3 is 1. The molecule has 1 fully saturated rings. The molecule has 212 valence electrons. The molecule has 41 heavy (non-hydrogen) atoms. The van der Waals surface area contributed by atoms with Crippen molar-refractivity contribution in [2.24, 2.45) is 0 Å². The standard InChI is InChI=1S/C29H29N5O5S2/c1-17-13-21(18(2)33(17)20-9-11-25-26(15-20)39-16-38-25)28-27(22-7-5-6-12-30-22)31-29(40)34(28)19-8-10-24(37-3)23(14-19)32-41(4,35)36/h5-15,27-28,32H,16H2,1-4H3,(H,31,40)/t27-,28+/m0/s1. The topological polar surface area (TPSA) is 107 Å². The number of aromatic nitrogens is 2. The molecule has 2 N–H and O–H groups in total. The summed E-state index contributed by atoms with van der Waals surface area (Å²) < 4.78 is 45.6. The van der Waals surface area contributed by atoms with Crippen molar-refractivity contribution in [2.45, 2.75) is 25.9 Å². The van der Waals surface area contributed by atoms with Crippen LogP contribution in [0.15, 0.2) is 66.9 Å². The van der Waals surface area contributed by atoms with Crippen LogP contribution in [-0.4, -0.2) is 43.2 Å². The van der Waals surface area contributed by atoms with Gasteiger partial charge in [-0.05, 0) is 80.2 Å². The van der Waals surface area contributed by atoms with Crippen molar-refractivity contribution < 1.29 is 22.6 Å². The first-order valence-corrected chi connectivity index (χ1v) is 15.2. The lowest BCUT2D eigenvalue weighted by molar-refractivity contribution is 0.174. The summed E-state index contributed by atoms with van der Waals surface area (Å²) in [6.45, 7) is 4.34. The number of nitrogens with one attached hydrogen (secondary N) is 2. The van der Waals surface area contributed by atoms with Gasteiger partial charge in [-0.3, -0.25) is 9.71 Å². The largest absolute Gasteiger partial charge is 0.495 e. The lowest BCUT2D eigenvalue weighted by Gasteiger charge is -2.29. The van der Waals surface area contributed by atoms with E-state index < -0.39 is 10.0 Å². The minimum Gasteiger partial charge on any atom is -0.495 e. The van der Waals surface area contributed by atoms with Gasteiger partial charge in [0.05, 0.1) is 36.8 Å². The fourth-order valence-electron chi connectivity index (χ4n) is 5.58. The molecular formula is C29H29N5O5S2. The van der Waals surface area contributed by atoms with E-state index >= 15 is 0 Å². The summed E-state index contributed by atoms with van der Waals surface area (Å²) in [6.07, 6.45) is 2.86. The highest BCUT2D eigenvalue weighted by Gasteiger charge is 2.42. The number of hydrogen-bond acceptors (Lipinski definition) is 7. The zero-order valence-corrected chi connectivity index (χ0v) is 24.5.